The van der Waals surface area contributed by atoms with E-state index in [9.17, 15) is 24.0 Å². The SMILES string of the molecule is CC(C)CN1C(=O)C(=O)N(CC(=O)Nc2sccc2C(N)=O)C1=O. The molecule has 0 aromatic carbocycles. The van der Waals surface area contributed by atoms with Crippen LogP contribution >= 0.6 is 11.3 Å². The maximum absolute atomic E-state index is 12.1. The topological polar surface area (TPSA) is 130 Å². The third-order valence-corrected chi connectivity index (χ3v) is 4.00. The van der Waals surface area contributed by atoms with Gasteiger partial charge in [0.2, 0.25) is 5.91 Å². The summed E-state index contributed by atoms with van der Waals surface area (Å²) in [6.45, 7) is 3.07. The largest absolute Gasteiger partial charge is 0.366 e. The van der Waals surface area contributed by atoms with Crippen LogP contribution in [0.15, 0.2) is 11.4 Å². The number of nitrogens with one attached hydrogen (secondary N) is 1. The predicted octanol–water partition coefficient (Wildman–Crippen LogP) is 0.232. The van der Waals surface area contributed by atoms with Gasteiger partial charge in [0.05, 0.1) is 5.56 Å². The van der Waals surface area contributed by atoms with Gasteiger partial charge in [-0.05, 0) is 17.4 Å². The zero-order valence-electron chi connectivity index (χ0n) is 13.1. The first kappa shape index (κ1) is 17.6. The van der Waals surface area contributed by atoms with Gasteiger partial charge in [0, 0.05) is 6.54 Å². The minimum absolute atomic E-state index is 0.0104. The van der Waals surface area contributed by atoms with Crippen LogP contribution in [0.1, 0.15) is 24.2 Å². The van der Waals surface area contributed by atoms with Crippen LogP contribution in [0.3, 0.4) is 0 Å². The van der Waals surface area contributed by atoms with E-state index in [2.05, 4.69) is 5.32 Å². The summed E-state index contributed by atoms with van der Waals surface area (Å²) < 4.78 is 0. The number of nitrogens with zero attached hydrogens (tertiary/aromatic N) is 2. The van der Waals surface area contributed by atoms with Crippen LogP contribution in [0.4, 0.5) is 9.80 Å². The molecule has 0 bridgehead atoms. The van der Waals surface area contributed by atoms with Crippen molar-refractivity contribution in [3.05, 3.63) is 17.0 Å². The highest BCUT2D eigenvalue weighted by molar-refractivity contribution is 7.14. The molecular weight excluding hydrogens is 336 g/mol. The molecular formula is C14H16N4O5S. The second kappa shape index (κ2) is 6.79. The fraction of sp³-hybridized carbons (Fsp3) is 0.357. The molecule has 128 valence electrons. The van der Waals surface area contributed by atoms with E-state index in [1.807, 2.05) is 0 Å². The molecule has 0 spiro atoms. The van der Waals surface area contributed by atoms with E-state index < -0.39 is 36.2 Å². The highest BCUT2D eigenvalue weighted by Crippen LogP contribution is 2.23. The monoisotopic (exact) mass is 352 g/mol. The van der Waals surface area contributed by atoms with Crippen molar-refractivity contribution in [3.8, 4) is 0 Å². The van der Waals surface area contributed by atoms with Gasteiger partial charge in [0.25, 0.3) is 5.91 Å². The standard InChI is InChI=1S/C14H16N4O5S/c1-7(2)5-17-12(21)13(22)18(14(17)23)6-9(19)16-11-8(10(15)20)3-4-24-11/h3-4,7H,5-6H2,1-2H3,(H2,15,20)(H,16,19). The molecule has 10 heteroatoms. The minimum atomic E-state index is -1.04. The van der Waals surface area contributed by atoms with Gasteiger partial charge in [0.1, 0.15) is 11.5 Å². The molecule has 2 heterocycles. The molecule has 1 aromatic heterocycles. The Morgan fingerprint density at radius 2 is 1.83 bits per heavy atom. The number of thiophene rings is 1. The normalized spacial score (nSPS) is 14.7. The molecule has 24 heavy (non-hydrogen) atoms. The van der Waals surface area contributed by atoms with Gasteiger partial charge in [-0.1, -0.05) is 13.8 Å². The van der Waals surface area contributed by atoms with Crippen LogP contribution < -0.4 is 11.1 Å². The third kappa shape index (κ3) is 3.43. The highest BCUT2D eigenvalue weighted by Gasteiger charge is 2.45. The van der Waals surface area contributed by atoms with Crippen molar-refractivity contribution in [2.75, 3.05) is 18.4 Å². The van der Waals surface area contributed by atoms with Crippen molar-refractivity contribution in [1.29, 1.82) is 0 Å². The fourth-order valence-corrected chi connectivity index (χ4v) is 2.93. The van der Waals surface area contributed by atoms with Crippen molar-refractivity contribution in [3.63, 3.8) is 0 Å². The predicted molar refractivity (Wildman–Crippen MR) is 85.1 cm³/mol. The summed E-state index contributed by atoms with van der Waals surface area (Å²) in [6.07, 6.45) is 0. The lowest BCUT2D eigenvalue weighted by atomic mass is 10.2. The summed E-state index contributed by atoms with van der Waals surface area (Å²) in [5.41, 5.74) is 5.30. The number of primary amides is 1. The molecule has 0 radical (unpaired) electrons. The Kier molecular flexibility index (Phi) is 4.98. The Labute approximate surface area is 141 Å². The summed E-state index contributed by atoms with van der Waals surface area (Å²) in [6, 6.07) is 0.623. The maximum atomic E-state index is 12.1. The second-order valence-corrected chi connectivity index (χ2v) is 6.48. The summed E-state index contributed by atoms with van der Waals surface area (Å²) in [5, 5.41) is 4.20. The van der Waals surface area contributed by atoms with Crippen molar-refractivity contribution in [1.82, 2.24) is 9.80 Å². The number of amides is 6. The van der Waals surface area contributed by atoms with E-state index >= 15 is 0 Å². The first-order valence-corrected chi connectivity index (χ1v) is 7.94. The van der Waals surface area contributed by atoms with Gasteiger partial charge < -0.3 is 11.1 Å². The Morgan fingerprint density at radius 1 is 1.21 bits per heavy atom. The molecule has 9 nitrogen and oxygen atoms in total. The number of hydrogen-bond donors (Lipinski definition) is 2. The third-order valence-electron chi connectivity index (χ3n) is 3.17. The van der Waals surface area contributed by atoms with Crippen LogP contribution in [-0.4, -0.2) is 52.5 Å². The van der Waals surface area contributed by atoms with E-state index in [0.717, 1.165) is 16.2 Å². The average molecular weight is 352 g/mol. The number of urea groups is 1. The number of carbonyl (C=O) groups excluding carboxylic acids is 5. The molecule has 1 aliphatic rings. The number of rotatable bonds is 6. The molecule has 3 N–H and O–H groups in total. The lowest BCUT2D eigenvalue weighted by Gasteiger charge is -2.16. The molecule has 1 aromatic rings. The van der Waals surface area contributed by atoms with Gasteiger partial charge >= 0.3 is 17.8 Å². The van der Waals surface area contributed by atoms with E-state index in [0.29, 0.717) is 4.90 Å². The van der Waals surface area contributed by atoms with Crippen LogP contribution in [0.25, 0.3) is 0 Å². The number of carbonyl (C=O) groups is 5. The number of imide groups is 2. The first-order chi connectivity index (χ1) is 11.2. The Morgan fingerprint density at radius 3 is 2.42 bits per heavy atom. The van der Waals surface area contributed by atoms with Gasteiger partial charge in [-0.15, -0.1) is 11.3 Å². The zero-order valence-corrected chi connectivity index (χ0v) is 13.9. The van der Waals surface area contributed by atoms with Crippen LogP contribution in [-0.2, 0) is 14.4 Å². The molecule has 0 atom stereocenters. The molecule has 0 saturated carbocycles. The van der Waals surface area contributed by atoms with Gasteiger partial charge in [-0.2, -0.15) is 0 Å². The molecule has 1 saturated heterocycles. The number of hydrogen-bond acceptors (Lipinski definition) is 6. The lowest BCUT2D eigenvalue weighted by molar-refractivity contribution is -0.143. The van der Waals surface area contributed by atoms with Gasteiger partial charge in [0.15, 0.2) is 0 Å². The van der Waals surface area contributed by atoms with Crippen molar-refractivity contribution >= 4 is 46.0 Å². The maximum Gasteiger partial charge on any atom is 0.334 e. The van der Waals surface area contributed by atoms with Crippen molar-refractivity contribution < 1.29 is 24.0 Å². The summed E-state index contributed by atoms with van der Waals surface area (Å²) in [4.78, 5) is 60.5. The van der Waals surface area contributed by atoms with E-state index in [4.69, 9.17) is 5.73 Å². The molecule has 1 aliphatic heterocycles. The molecule has 0 unspecified atom stereocenters. The summed E-state index contributed by atoms with van der Waals surface area (Å²) in [5.74, 6) is -3.42. The van der Waals surface area contributed by atoms with Crippen LogP contribution in [0.5, 0.6) is 0 Å². The fourth-order valence-electron chi connectivity index (χ4n) is 2.13. The van der Waals surface area contributed by atoms with Crippen molar-refractivity contribution in [2.45, 2.75) is 13.8 Å². The van der Waals surface area contributed by atoms with Gasteiger partial charge in [-0.3, -0.25) is 24.1 Å². The Balaban J connectivity index is 2.07. The first-order valence-electron chi connectivity index (χ1n) is 7.06. The number of anilines is 1. The Hall–Kier alpha value is -2.75. The smallest absolute Gasteiger partial charge is 0.334 e. The Bertz CT molecular complexity index is 727. The minimum Gasteiger partial charge on any atom is -0.366 e. The lowest BCUT2D eigenvalue weighted by Crippen LogP contribution is -2.39. The molecule has 2 rings (SSSR count). The molecule has 0 aliphatic carbocycles. The average Bonchev–Trinajstić information content (AvgIpc) is 3.02. The number of nitrogens with two attached hydrogens (primary N) is 1. The quantitative estimate of drug-likeness (QED) is 0.559. The van der Waals surface area contributed by atoms with E-state index in [-0.39, 0.29) is 23.0 Å². The second-order valence-electron chi connectivity index (χ2n) is 5.56. The van der Waals surface area contributed by atoms with Crippen molar-refractivity contribution in [2.24, 2.45) is 11.7 Å². The molecule has 6 amide bonds. The zero-order chi connectivity index (χ0) is 18.0. The van der Waals surface area contributed by atoms with Crippen LogP contribution in [0.2, 0.25) is 0 Å². The highest BCUT2D eigenvalue weighted by atomic mass is 32.1. The van der Waals surface area contributed by atoms with E-state index in [1.54, 1.807) is 19.2 Å². The molecule has 1 fully saturated rings. The van der Waals surface area contributed by atoms with E-state index in [1.165, 1.54) is 6.07 Å². The van der Waals surface area contributed by atoms with Gasteiger partial charge in [-0.25, -0.2) is 9.69 Å². The van der Waals surface area contributed by atoms with Crippen LogP contribution in [0, 0.1) is 5.92 Å². The summed E-state index contributed by atoms with van der Waals surface area (Å²) >= 11 is 1.08. The summed E-state index contributed by atoms with van der Waals surface area (Å²) in [7, 11) is 0.